The predicted octanol–water partition coefficient (Wildman–Crippen LogP) is 1.18. The van der Waals surface area contributed by atoms with Crippen molar-refractivity contribution in [1.29, 1.82) is 0 Å². The molecule has 0 bridgehead atoms. The van der Waals surface area contributed by atoms with Crippen molar-refractivity contribution in [2.24, 2.45) is 0 Å². The van der Waals surface area contributed by atoms with E-state index in [1.165, 1.54) is 6.20 Å². The van der Waals surface area contributed by atoms with E-state index in [9.17, 15) is 4.79 Å². The normalized spacial score (nSPS) is 10.9. The molecular weight excluding hydrogens is 230 g/mol. The number of rotatable bonds is 2. The van der Waals surface area contributed by atoms with Crippen molar-refractivity contribution < 1.29 is 5.11 Å². The van der Waals surface area contributed by atoms with Crippen molar-refractivity contribution in [3.05, 3.63) is 58.9 Å². The number of benzene rings is 1. The number of aromatic nitrogens is 3. The number of nitrogens with zero attached hydrogens (tertiary/aromatic N) is 2. The molecule has 0 saturated carbocycles. The molecule has 0 fully saturated rings. The highest BCUT2D eigenvalue weighted by Crippen LogP contribution is 2.19. The van der Waals surface area contributed by atoms with Crippen molar-refractivity contribution >= 4 is 5.52 Å². The van der Waals surface area contributed by atoms with Crippen molar-refractivity contribution in [2.45, 2.75) is 6.61 Å². The largest absolute Gasteiger partial charge is 0.392 e. The van der Waals surface area contributed by atoms with E-state index in [0.29, 0.717) is 5.52 Å². The van der Waals surface area contributed by atoms with Crippen LogP contribution in [0.5, 0.6) is 0 Å². The summed E-state index contributed by atoms with van der Waals surface area (Å²) in [5.74, 6) is 0. The first-order chi connectivity index (χ1) is 8.79. The highest BCUT2D eigenvalue weighted by atomic mass is 16.3. The number of nitrogens with one attached hydrogen (secondary N) is 1. The fourth-order valence-electron chi connectivity index (χ4n) is 1.94. The van der Waals surface area contributed by atoms with Crippen LogP contribution in [0.1, 0.15) is 5.56 Å². The van der Waals surface area contributed by atoms with Crippen LogP contribution in [-0.2, 0) is 6.61 Å². The van der Waals surface area contributed by atoms with Gasteiger partial charge < -0.3 is 10.1 Å². The van der Waals surface area contributed by atoms with Crippen LogP contribution in [0.25, 0.3) is 16.8 Å². The van der Waals surface area contributed by atoms with E-state index in [1.54, 1.807) is 16.9 Å². The summed E-state index contributed by atoms with van der Waals surface area (Å²) in [4.78, 5) is 18.2. The van der Waals surface area contributed by atoms with Crippen LogP contribution < -0.4 is 5.56 Å². The Morgan fingerprint density at radius 2 is 2.06 bits per heavy atom. The van der Waals surface area contributed by atoms with Gasteiger partial charge in [-0.25, -0.2) is 4.98 Å². The number of fused-ring (bicyclic) bond motifs is 1. The van der Waals surface area contributed by atoms with Crippen LogP contribution in [0, 0.1) is 0 Å². The van der Waals surface area contributed by atoms with E-state index < -0.39 is 0 Å². The summed E-state index contributed by atoms with van der Waals surface area (Å²) in [6.07, 6.45) is 4.80. The van der Waals surface area contributed by atoms with Crippen LogP contribution in [0.3, 0.4) is 0 Å². The molecule has 0 aliphatic rings. The van der Waals surface area contributed by atoms with Gasteiger partial charge in [-0.05, 0) is 5.56 Å². The molecule has 0 saturated heterocycles. The van der Waals surface area contributed by atoms with Gasteiger partial charge in [-0.3, -0.25) is 9.20 Å². The molecule has 18 heavy (non-hydrogen) atoms. The minimum atomic E-state index is -0.164. The Morgan fingerprint density at radius 3 is 2.78 bits per heavy atom. The maximum atomic E-state index is 11.6. The molecule has 2 heterocycles. The van der Waals surface area contributed by atoms with E-state index in [2.05, 4.69) is 9.97 Å². The SMILES string of the molecule is O=c1[nH]cc(-c2ccc(CO)cc2)n2cncc12. The Labute approximate surface area is 102 Å². The summed E-state index contributed by atoms with van der Waals surface area (Å²) in [6, 6.07) is 7.50. The standard InChI is InChI=1S/C13H11N3O2/c17-7-9-1-3-10(4-2-9)11-6-15-13(18)12-5-14-8-16(11)12/h1-6,8,17H,7H2,(H,15,18). The minimum absolute atomic E-state index is 0.0202. The lowest BCUT2D eigenvalue weighted by atomic mass is 10.1. The second kappa shape index (κ2) is 4.12. The Bertz CT molecular complexity index is 741. The Morgan fingerprint density at radius 1 is 1.28 bits per heavy atom. The molecule has 2 aromatic heterocycles. The average Bonchev–Trinajstić information content (AvgIpc) is 2.90. The first kappa shape index (κ1) is 10.7. The summed E-state index contributed by atoms with van der Waals surface area (Å²) in [5.41, 5.74) is 3.00. The molecule has 2 N–H and O–H groups in total. The van der Waals surface area contributed by atoms with E-state index in [-0.39, 0.29) is 12.2 Å². The lowest BCUT2D eigenvalue weighted by molar-refractivity contribution is 0.282. The van der Waals surface area contributed by atoms with Gasteiger partial charge in [0.05, 0.1) is 24.8 Å². The van der Waals surface area contributed by atoms with Gasteiger partial charge in [0.2, 0.25) is 0 Å². The Hall–Kier alpha value is -2.40. The number of aliphatic hydroxyl groups is 1. The number of hydrogen-bond donors (Lipinski definition) is 2. The zero-order valence-electron chi connectivity index (χ0n) is 9.50. The molecule has 0 aliphatic heterocycles. The second-order valence-corrected chi connectivity index (χ2v) is 4.01. The summed E-state index contributed by atoms with van der Waals surface area (Å²) in [7, 11) is 0. The maximum absolute atomic E-state index is 11.6. The van der Waals surface area contributed by atoms with Crippen LogP contribution in [0.2, 0.25) is 0 Å². The van der Waals surface area contributed by atoms with Gasteiger partial charge in [-0.1, -0.05) is 24.3 Å². The minimum Gasteiger partial charge on any atom is -0.392 e. The van der Waals surface area contributed by atoms with Gasteiger partial charge in [0.15, 0.2) is 0 Å². The molecule has 0 aliphatic carbocycles. The van der Waals surface area contributed by atoms with Crippen molar-refractivity contribution in [2.75, 3.05) is 0 Å². The summed E-state index contributed by atoms with van der Waals surface area (Å²) < 4.78 is 1.74. The smallest absolute Gasteiger partial charge is 0.273 e. The molecule has 0 amide bonds. The average molecular weight is 241 g/mol. The second-order valence-electron chi connectivity index (χ2n) is 4.01. The molecule has 3 aromatic rings. The lowest BCUT2D eigenvalue weighted by Crippen LogP contribution is -2.09. The van der Waals surface area contributed by atoms with Gasteiger partial charge in [0, 0.05) is 11.8 Å². The fraction of sp³-hybridized carbons (Fsp3) is 0.0769. The highest BCUT2D eigenvalue weighted by molar-refractivity contribution is 5.63. The Balaban J connectivity index is 2.21. The molecule has 5 nitrogen and oxygen atoms in total. The van der Waals surface area contributed by atoms with Gasteiger partial charge in [0.25, 0.3) is 5.56 Å². The van der Waals surface area contributed by atoms with Crippen LogP contribution in [0.15, 0.2) is 47.8 Å². The van der Waals surface area contributed by atoms with Gasteiger partial charge in [-0.2, -0.15) is 0 Å². The zero-order valence-corrected chi connectivity index (χ0v) is 9.50. The van der Waals surface area contributed by atoms with Crippen LogP contribution in [0.4, 0.5) is 0 Å². The molecule has 3 rings (SSSR count). The van der Waals surface area contributed by atoms with E-state index in [1.807, 2.05) is 24.3 Å². The van der Waals surface area contributed by atoms with Crippen molar-refractivity contribution in [3.63, 3.8) is 0 Å². The van der Waals surface area contributed by atoms with E-state index in [4.69, 9.17) is 5.11 Å². The van der Waals surface area contributed by atoms with Crippen LogP contribution in [-0.4, -0.2) is 19.5 Å². The number of H-pyrrole nitrogens is 1. The van der Waals surface area contributed by atoms with Gasteiger partial charge >= 0.3 is 0 Å². The van der Waals surface area contributed by atoms with Gasteiger partial charge in [0.1, 0.15) is 5.52 Å². The molecule has 0 atom stereocenters. The summed E-state index contributed by atoms with van der Waals surface area (Å²) in [6.45, 7) is 0.0202. The third kappa shape index (κ3) is 1.61. The highest BCUT2D eigenvalue weighted by Gasteiger charge is 2.06. The number of hydrogen-bond acceptors (Lipinski definition) is 3. The van der Waals surface area contributed by atoms with E-state index >= 15 is 0 Å². The molecule has 90 valence electrons. The first-order valence-electron chi connectivity index (χ1n) is 5.53. The van der Waals surface area contributed by atoms with Gasteiger partial charge in [-0.15, -0.1) is 0 Å². The van der Waals surface area contributed by atoms with Crippen LogP contribution >= 0.6 is 0 Å². The fourth-order valence-corrected chi connectivity index (χ4v) is 1.94. The van der Waals surface area contributed by atoms with Crippen molar-refractivity contribution in [3.8, 4) is 11.3 Å². The maximum Gasteiger partial charge on any atom is 0.273 e. The number of aromatic amines is 1. The molecule has 0 radical (unpaired) electrons. The Kier molecular flexibility index (Phi) is 2.46. The van der Waals surface area contributed by atoms with E-state index in [0.717, 1.165) is 16.8 Å². The molecule has 0 spiro atoms. The zero-order chi connectivity index (χ0) is 12.5. The molecule has 1 aromatic carbocycles. The lowest BCUT2D eigenvalue weighted by Gasteiger charge is -2.05. The summed E-state index contributed by atoms with van der Waals surface area (Å²) in [5, 5.41) is 9.01. The predicted molar refractivity (Wildman–Crippen MR) is 67.2 cm³/mol. The topological polar surface area (TPSA) is 70.4 Å². The number of imidazole rings is 1. The molecule has 5 heteroatoms. The number of aliphatic hydroxyl groups excluding tert-OH is 1. The van der Waals surface area contributed by atoms with Crippen molar-refractivity contribution in [1.82, 2.24) is 14.4 Å². The summed E-state index contributed by atoms with van der Waals surface area (Å²) >= 11 is 0. The molecular formula is C13H11N3O2. The monoisotopic (exact) mass is 241 g/mol. The quantitative estimate of drug-likeness (QED) is 0.707. The first-order valence-corrected chi connectivity index (χ1v) is 5.53. The molecule has 0 unspecified atom stereocenters. The third-order valence-corrected chi connectivity index (χ3v) is 2.90. The third-order valence-electron chi connectivity index (χ3n) is 2.90.